The zero-order valence-electron chi connectivity index (χ0n) is 16.5. The third-order valence-electron chi connectivity index (χ3n) is 4.41. The molecule has 0 fully saturated rings. The van der Waals surface area contributed by atoms with Crippen LogP contribution in [0.4, 0.5) is 5.95 Å². The molecule has 0 spiro atoms. The standard InChI is InChI=1S/C21H18Cl2N4O3S/c1-29-14-5-7-15(8-6-14)30-10-2-3-19(28)24-20-25-21-27(26-20)18(12-31-21)16-11-13(22)4-9-17(16)23/h4-9,11-12H,2-3,10H2,1H3,(H,24,26,28). The van der Waals surface area contributed by atoms with Crippen molar-refractivity contribution in [2.24, 2.45) is 0 Å². The number of hydrogen-bond donors (Lipinski definition) is 1. The molecule has 1 N–H and O–H groups in total. The zero-order chi connectivity index (χ0) is 21.8. The molecule has 0 aliphatic heterocycles. The number of carbonyl (C=O) groups excluding carboxylic acids is 1. The maximum Gasteiger partial charge on any atom is 0.250 e. The van der Waals surface area contributed by atoms with Crippen molar-refractivity contribution >= 4 is 51.4 Å². The van der Waals surface area contributed by atoms with E-state index < -0.39 is 0 Å². The second-order valence-electron chi connectivity index (χ2n) is 6.55. The van der Waals surface area contributed by atoms with Crippen LogP contribution in [0.2, 0.25) is 10.0 Å². The Morgan fingerprint density at radius 3 is 2.71 bits per heavy atom. The Bertz CT molecular complexity index is 1210. The van der Waals surface area contributed by atoms with Gasteiger partial charge in [0.25, 0.3) is 0 Å². The van der Waals surface area contributed by atoms with E-state index in [2.05, 4.69) is 15.4 Å². The third-order valence-corrected chi connectivity index (χ3v) is 5.79. The second kappa shape index (κ2) is 9.55. The number of rotatable bonds is 8. The van der Waals surface area contributed by atoms with Crippen molar-refractivity contribution < 1.29 is 14.3 Å². The van der Waals surface area contributed by atoms with E-state index in [-0.39, 0.29) is 18.3 Å². The summed E-state index contributed by atoms with van der Waals surface area (Å²) in [4.78, 5) is 17.3. The molecule has 0 aliphatic rings. The monoisotopic (exact) mass is 476 g/mol. The lowest BCUT2D eigenvalue weighted by Crippen LogP contribution is -2.14. The van der Waals surface area contributed by atoms with Crippen molar-refractivity contribution in [2.45, 2.75) is 12.8 Å². The first-order valence-corrected chi connectivity index (χ1v) is 11.0. The Morgan fingerprint density at radius 2 is 1.94 bits per heavy atom. The summed E-state index contributed by atoms with van der Waals surface area (Å²) in [6, 6.07) is 12.5. The highest BCUT2D eigenvalue weighted by Crippen LogP contribution is 2.33. The summed E-state index contributed by atoms with van der Waals surface area (Å²) in [7, 11) is 1.61. The fourth-order valence-corrected chi connectivity index (χ4v) is 4.10. The van der Waals surface area contributed by atoms with Gasteiger partial charge in [0.15, 0.2) is 0 Å². The number of hydrogen-bond acceptors (Lipinski definition) is 6. The maximum absolute atomic E-state index is 12.3. The first-order valence-electron chi connectivity index (χ1n) is 9.40. The zero-order valence-corrected chi connectivity index (χ0v) is 18.8. The van der Waals surface area contributed by atoms with E-state index in [1.807, 2.05) is 29.6 Å². The third kappa shape index (κ3) is 5.10. The van der Waals surface area contributed by atoms with E-state index in [1.165, 1.54) is 11.3 Å². The van der Waals surface area contributed by atoms with E-state index in [1.54, 1.807) is 29.8 Å². The van der Waals surface area contributed by atoms with Gasteiger partial charge in [0.05, 0.1) is 24.4 Å². The average Bonchev–Trinajstić information content (AvgIpc) is 3.33. The van der Waals surface area contributed by atoms with Gasteiger partial charge in [-0.2, -0.15) is 4.98 Å². The van der Waals surface area contributed by atoms with Crippen LogP contribution < -0.4 is 14.8 Å². The molecule has 1 amide bonds. The number of nitrogens with zero attached hydrogens (tertiary/aromatic N) is 3. The molecule has 0 radical (unpaired) electrons. The molecule has 0 bridgehead atoms. The number of fused-ring (bicyclic) bond motifs is 1. The fourth-order valence-electron chi connectivity index (χ4n) is 2.90. The van der Waals surface area contributed by atoms with E-state index in [0.717, 1.165) is 22.8 Å². The molecule has 7 nitrogen and oxygen atoms in total. The van der Waals surface area contributed by atoms with Crippen LogP contribution >= 0.6 is 34.5 Å². The van der Waals surface area contributed by atoms with Gasteiger partial charge in [-0.05, 0) is 48.9 Å². The Labute approximate surface area is 192 Å². The number of anilines is 1. The summed E-state index contributed by atoms with van der Waals surface area (Å²) >= 11 is 13.8. The van der Waals surface area contributed by atoms with Crippen molar-refractivity contribution in [3.05, 3.63) is 57.9 Å². The molecule has 10 heteroatoms. The molecule has 0 unspecified atom stereocenters. The molecular weight excluding hydrogens is 459 g/mol. The van der Waals surface area contributed by atoms with Crippen LogP contribution in [0.3, 0.4) is 0 Å². The maximum atomic E-state index is 12.3. The molecule has 2 aromatic heterocycles. The van der Waals surface area contributed by atoms with Crippen LogP contribution in [0.5, 0.6) is 11.5 Å². The first-order chi connectivity index (χ1) is 15.0. The molecular formula is C21H18Cl2N4O3S. The minimum atomic E-state index is -0.182. The summed E-state index contributed by atoms with van der Waals surface area (Å²) in [6.45, 7) is 0.420. The predicted octanol–water partition coefficient (Wildman–Crippen LogP) is 5.57. The van der Waals surface area contributed by atoms with Crippen molar-refractivity contribution in [3.63, 3.8) is 0 Å². The van der Waals surface area contributed by atoms with Crippen LogP contribution in [0.15, 0.2) is 47.8 Å². The smallest absolute Gasteiger partial charge is 0.250 e. The van der Waals surface area contributed by atoms with Crippen molar-refractivity contribution in [3.8, 4) is 22.8 Å². The number of methoxy groups -OCH3 is 1. The van der Waals surface area contributed by atoms with Gasteiger partial charge in [-0.15, -0.1) is 16.4 Å². The van der Waals surface area contributed by atoms with E-state index in [9.17, 15) is 4.79 Å². The van der Waals surface area contributed by atoms with Crippen LogP contribution in [0.1, 0.15) is 12.8 Å². The topological polar surface area (TPSA) is 77.8 Å². The van der Waals surface area contributed by atoms with E-state index >= 15 is 0 Å². The Morgan fingerprint density at radius 1 is 1.16 bits per heavy atom. The first kappa shape index (κ1) is 21.4. The van der Waals surface area contributed by atoms with Gasteiger partial charge in [-0.25, -0.2) is 4.52 Å². The molecule has 4 aromatic rings. The minimum Gasteiger partial charge on any atom is -0.497 e. The number of aromatic nitrogens is 3. The van der Waals surface area contributed by atoms with E-state index in [4.69, 9.17) is 32.7 Å². The Hall–Kier alpha value is -2.81. The normalized spacial score (nSPS) is 10.9. The Balaban J connectivity index is 1.33. The molecule has 2 heterocycles. The quantitative estimate of drug-likeness (QED) is 0.336. The van der Waals surface area contributed by atoms with Crippen LogP contribution in [-0.4, -0.2) is 34.2 Å². The van der Waals surface area contributed by atoms with Gasteiger partial charge in [0, 0.05) is 22.4 Å². The lowest BCUT2D eigenvalue weighted by molar-refractivity contribution is -0.116. The SMILES string of the molecule is COc1ccc(OCCCC(=O)Nc2nc3scc(-c4cc(Cl)ccc4Cl)n3n2)cc1. The number of thiazole rings is 1. The van der Waals surface area contributed by atoms with Crippen LogP contribution in [0.25, 0.3) is 16.2 Å². The Kier molecular flexibility index (Phi) is 6.60. The number of carbonyl (C=O) groups is 1. The lowest BCUT2D eigenvalue weighted by Gasteiger charge is -2.06. The van der Waals surface area contributed by atoms with Crippen LogP contribution in [-0.2, 0) is 4.79 Å². The number of halogens is 2. The second-order valence-corrected chi connectivity index (χ2v) is 8.23. The number of amides is 1. The molecule has 0 saturated carbocycles. The van der Waals surface area contributed by atoms with Crippen LogP contribution in [0, 0.1) is 0 Å². The van der Waals surface area contributed by atoms with Crippen molar-refractivity contribution in [1.29, 1.82) is 0 Å². The summed E-state index contributed by atoms with van der Waals surface area (Å²) in [5.41, 5.74) is 1.51. The predicted molar refractivity (Wildman–Crippen MR) is 123 cm³/mol. The lowest BCUT2D eigenvalue weighted by atomic mass is 10.2. The van der Waals surface area contributed by atoms with Gasteiger partial charge in [-0.3, -0.25) is 10.1 Å². The van der Waals surface area contributed by atoms with Gasteiger partial charge in [0.2, 0.25) is 16.8 Å². The van der Waals surface area contributed by atoms with Gasteiger partial charge in [0.1, 0.15) is 11.5 Å². The highest BCUT2D eigenvalue weighted by Gasteiger charge is 2.15. The molecule has 4 rings (SSSR count). The largest absolute Gasteiger partial charge is 0.497 e. The van der Waals surface area contributed by atoms with Gasteiger partial charge >= 0.3 is 0 Å². The summed E-state index contributed by atoms with van der Waals surface area (Å²) in [5.74, 6) is 1.55. The summed E-state index contributed by atoms with van der Waals surface area (Å²) in [5, 5.41) is 10.1. The summed E-state index contributed by atoms with van der Waals surface area (Å²) in [6.07, 6.45) is 0.847. The number of ether oxygens (including phenoxy) is 2. The highest BCUT2D eigenvalue weighted by atomic mass is 35.5. The molecule has 31 heavy (non-hydrogen) atoms. The van der Waals surface area contributed by atoms with Crippen molar-refractivity contribution in [2.75, 3.05) is 19.0 Å². The summed E-state index contributed by atoms with van der Waals surface area (Å²) < 4.78 is 12.4. The fraction of sp³-hybridized carbons (Fsp3) is 0.190. The van der Waals surface area contributed by atoms with E-state index in [0.29, 0.717) is 28.0 Å². The molecule has 2 aromatic carbocycles. The molecule has 0 saturated heterocycles. The average molecular weight is 477 g/mol. The van der Waals surface area contributed by atoms with Crippen molar-refractivity contribution in [1.82, 2.24) is 14.6 Å². The molecule has 0 aliphatic carbocycles. The highest BCUT2D eigenvalue weighted by molar-refractivity contribution is 7.15. The molecule has 0 atom stereocenters. The minimum absolute atomic E-state index is 0.182. The van der Waals surface area contributed by atoms with Gasteiger partial charge < -0.3 is 9.47 Å². The number of benzene rings is 2. The van der Waals surface area contributed by atoms with Gasteiger partial charge in [-0.1, -0.05) is 23.2 Å². The molecule has 160 valence electrons. The number of nitrogens with one attached hydrogen (secondary N) is 1.